The Bertz CT molecular complexity index is 697. The van der Waals surface area contributed by atoms with E-state index in [0.29, 0.717) is 42.0 Å². The van der Waals surface area contributed by atoms with Crippen LogP contribution in [0.25, 0.3) is 11.0 Å². The number of nitrogens with zero attached hydrogens (tertiary/aromatic N) is 3. The van der Waals surface area contributed by atoms with Gasteiger partial charge in [0.2, 0.25) is 5.88 Å². The highest BCUT2D eigenvalue weighted by Crippen LogP contribution is 2.22. The summed E-state index contributed by atoms with van der Waals surface area (Å²) in [6.45, 7) is 1.96. The fourth-order valence-corrected chi connectivity index (χ4v) is 2.92. The number of nitrogens with two attached hydrogens (primary N) is 1. The van der Waals surface area contributed by atoms with E-state index in [9.17, 15) is 9.50 Å². The smallest absolute Gasteiger partial charge is 0.213 e. The van der Waals surface area contributed by atoms with Gasteiger partial charge in [-0.3, -0.25) is 4.98 Å². The number of aliphatic hydroxyl groups excluding tert-OH is 1. The average Bonchev–Trinajstić information content (AvgIpc) is 2.56. The number of fused-ring (bicyclic) bond motifs is 1. The van der Waals surface area contributed by atoms with Crippen molar-refractivity contribution in [1.82, 2.24) is 14.9 Å². The molecule has 2 unspecified atom stereocenters. The van der Waals surface area contributed by atoms with Gasteiger partial charge in [0.25, 0.3) is 0 Å². The van der Waals surface area contributed by atoms with E-state index in [2.05, 4.69) is 14.9 Å². The standard InChI is InChI=1S/C16H21FN4O2/c1-23-15-3-2-13-16(20-15)10(11(17)8-19-13)4-6-21-7-5-12(18)14(22)9-21/h2-3,8,12,14,22H,4-7,9,18H2,1H3. The number of likely N-dealkylation sites (tertiary alicyclic amines) is 1. The van der Waals surface area contributed by atoms with Gasteiger partial charge in [-0.25, -0.2) is 9.37 Å². The molecule has 0 radical (unpaired) electrons. The average molecular weight is 320 g/mol. The van der Waals surface area contributed by atoms with Crippen molar-refractivity contribution in [2.45, 2.75) is 25.0 Å². The number of aliphatic hydroxyl groups is 1. The van der Waals surface area contributed by atoms with E-state index in [1.54, 1.807) is 12.1 Å². The number of hydrogen-bond acceptors (Lipinski definition) is 6. The van der Waals surface area contributed by atoms with Crippen molar-refractivity contribution >= 4 is 11.0 Å². The summed E-state index contributed by atoms with van der Waals surface area (Å²) in [4.78, 5) is 10.5. The van der Waals surface area contributed by atoms with Crippen LogP contribution in [0, 0.1) is 5.82 Å². The Balaban J connectivity index is 1.80. The van der Waals surface area contributed by atoms with Crippen LogP contribution in [0.3, 0.4) is 0 Å². The third-order valence-corrected chi connectivity index (χ3v) is 4.34. The molecule has 0 spiro atoms. The molecule has 3 rings (SSSR count). The number of hydrogen-bond donors (Lipinski definition) is 2. The first-order valence-corrected chi connectivity index (χ1v) is 7.72. The Morgan fingerprint density at radius 2 is 2.30 bits per heavy atom. The summed E-state index contributed by atoms with van der Waals surface area (Å²) in [5.41, 5.74) is 7.50. The number of ether oxygens (including phenoxy) is 1. The highest BCUT2D eigenvalue weighted by molar-refractivity contribution is 5.78. The summed E-state index contributed by atoms with van der Waals surface area (Å²) >= 11 is 0. The molecule has 0 aliphatic carbocycles. The van der Waals surface area contributed by atoms with Gasteiger partial charge in [0.1, 0.15) is 5.82 Å². The van der Waals surface area contributed by atoms with Gasteiger partial charge in [-0.15, -0.1) is 0 Å². The Morgan fingerprint density at radius 1 is 1.48 bits per heavy atom. The molecular formula is C16H21FN4O2. The van der Waals surface area contributed by atoms with Gasteiger partial charge in [-0.05, 0) is 25.5 Å². The van der Waals surface area contributed by atoms with E-state index in [4.69, 9.17) is 10.5 Å². The summed E-state index contributed by atoms with van der Waals surface area (Å²) in [7, 11) is 1.53. The lowest BCUT2D eigenvalue weighted by Gasteiger charge is -2.34. The maximum Gasteiger partial charge on any atom is 0.213 e. The van der Waals surface area contributed by atoms with Crippen LogP contribution in [0.5, 0.6) is 5.88 Å². The Kier molecular flexibility index (Phi) is 4.70. The number of pyridine rings is 2. The zero-order chi connectivity index (χ0) is 16.4. The molecule has 6 nitrogen and oxygen atoms in total. The minimum atomic E-state index is -0.527. The first kappa shape index (κ1) is 16.0. The topological polar surface area (TPSA) is 84.5 Å². The molecule has 1 aliphatic rings. The van der Waals surface area contributed by atoms with Gasteiger partial charge >= 0.3 is 0 Å². The monoisotopic (exact) mass is 320 g/mol. The van der Waals surface area contributed by atoms with Gasteiger partial charge < -0.3 is 20.5 Å². The minimum Gasteiger partial charge on any atom is -0.481 e. The second-order valence-electron chi connectivity index (χ2n) is 5.88. The molecule has 1 aliphatic heterocycles. The van der Waals surface area contributed by atoms with Crippen molar-refractivity contribution < 1.29 is 14.2 Å². The number of piperidine rings is 1. The summed E-state index contributed by atoms with van der Waals surface area (Å²) < 4.78 is 19.3. The second-order valence-corrected chi connectivity index (χ2v) is 5.88. The predicted molar refractivity (Wildman–Crippen MR) is 84.8 cm³/mol. The van der Waals surface area contributed by atoms with Crippen molar-refractivity contribution in [2.24, 2.45) is 5.73 Å². The first-order valence-electron chi connectivity index (χ1n) is 7.72. The molecular weight excluding hydrogens is 299 g/mol. The largest absolute Gasteiger partial charge is 0.481 e. The quantitative estimate of drug-likeness (QED) is 0.863. The Hall–Kier alpha value is -1.83. The molecule has 2 aromatic rings. The normalized spacial score (nSPS) is 22.4. The van der Waals surface area contributed by atoms with Crippen LogP contribution in [0.4, 0.5) is 4.39 Å². The summed E-state index contributed by atoms with van der Waals surface area (Å²) in [5.74, 6) is 0.0676. The van der Waals surface area contributed by atoms with Crippen molar-refractivity contribution in [3.8, 4) is 5.88 Å². The van der Waals surface area contributed by atoms with E-state index in [0.717, 1.165) is 13.0 Å². The van der Waals surface area contributed by atoms with Crippen molar-refractivity contribution in [3.05, 3.63) is 29.7 Å². The zero-order valence-corrected chi connectivity index (χ0v) is 13.1. The lowest BCUT2D eigenvalue weighted by atomic mass is 10.0. The fraction of sp³-hybridized carbons (Fsp3) is 0.500. The number of rotatable bonds is 4. The minimum absolute atomic E-state index is 0.171. The first-order chi connectivity index (χ1) is 11.1. The van der Waals surface area contributed by atoms with Gasteiger partial charge in [-0.2, -0.15) is 0 Å². The fourth-order valence-electron chi connectivity index (χ4n) is 2.92. The van der Waals surface area contributed by atoms with Gasteiger partial charge in [0, 0.05) is 30.8 Å². The molecule has 0 aromatic carbocycles. The van der Waals surface area contributed by atoms with Crippen LogP contribution < -0.4 is 10.5 Å². The van der Waals surface area contributed by atoms with E-state index in [-0.39, 0.29) is 11.9 Å². The van der Waals surface area contributed by atoms with E-state index < -0.39 is 6.10 Å². The van der Waals surface area contributed by atoms with Crippen LogP contribution >= 0.6 is 0 Å². The second kappa shape index (κ2) is 6.74. The highest BCUT2D eigenvalue weighted by atomic mass is 19.1. The molecule has 0 amide bonds. The van der Waals surface area contributed by atoms with Crippen molar-refractivity contribution in [3.63, 3.8) is 0 Å². The molecule has 7 heteroatoms. The van der Waals surface area contributed by atoms with Crippen LogP contribution in [-0.4, -0.2) is 58.9 Å². The number of halogens is 1. The molecule has 124 valence electrons. The van der Waals surface area contributed by atoms with Crippen LogP contribution in [-0.2, 0) is 6.42 Å². The van der Waals surface area contributed by atoms with Crippen LogP contribution in [0.2, 0.25) is 0 Å². The van der Waals surface area contributed by atoms with E-state index in [1.165, 1.54) is 13.3 Å². The molecule has 0 saturated carbocycles. The zero-order valence-electron chi connectivity index (χ0n) is 13.1. The SMILES string of the molecule is COc1ccc2ncc(F)c(CCN3CCC(N)C(O)C3)c2n1. The Labute approximate surface area is 134 Å². The van der Waals surface area contributed by atoms with E-state index in [1.807, 2.05) is 0 Å². The van der Waals surface area contributed by atoms with Gasteiger partial charge in [0.15, 0.2) is 0 Å². The maximum atomic E-state index is 14.2. The van der Waals surface area contributed by atoms with Gasteiger partial charge in [0.05, 0.1) is 30.4 Å². The lowest BCUT2D eigenvalue weighted by molar-refractivity contribution is 0.0541. The third kappa shape index (κ3) is 3.41. The number of aromatic nitrogens is 2. The van der Waals surface area contributed by atoms with Gasteiger partial charge in [-0.1, -0.05) is 0 Å². The van der Waals surface area contributed by atoms with Crippen LogP contribution in [0.15, 0.2) is 18.3 Å². The lowest BCUT2D eigenvalue weighted by Crippen LogP contribution is -2.50. The summed E-state index contributed by atoms with van der Waals surface area (Å²) in [5, 5.41) is 9.86. The highest BCUT2D eigenvalue weighted by Gasteiger charge is 2.24. The molecule has 2 atom stereocenters. The number of methoxy groups -OCH3 is 1. The van der Waals surface area contributed by atoms with E-state index >= 15 is 0 Å². The molecule has 2 aromatic heterocycles. The molecule has 3 heterocycles. The molecule has 0 bridgehead atoms. The summed E-state index contributed by atoms with van der Waals surface area (Å²) in [6, 6.07) is 3.31. The predicted octanol–water partition coefficient (Wildman–Crippen LogP) is 0.714. The maximum absolute atomic E-state index is 14.2. The molecule has 23 heavy (non-hydrogen) atoms. The molecule has 1 saturated heterocycles. The van der Waals surface area contributed by atoms with Crippen LogP contribution in [0.1, 0.15) is 12.0 Å². The Morgan fingerprint density at radius 3 is 3.04 bits per heavy atom. The third-order valence-electron chi connectivity index (χ3n) is 4.34. The van der Waals surface area contributed by atoms with Crippen molar-refractivity contribution in [1.29, 1.82) is 0 Å². The molecule has 3 N–H and O–H groups in total. The number of β-amino-alcohol motifs (C(OH)–C–C–N with tert-alkyl or cyclic N) is 1. The van der Waals surface area contributed by atoms with Crippen molar-refractivity contribution in [2.75, 3.05) is 26.7 Å². The molecule has 1 fully saturated rings. The summed E-state index contributed by atoms with van der Waals surface area (Å²) in [6.07, 6.45) is 1.94.